The van der Waals surface area contributed by atoms with Crippen molar-refractivity contribution in [1.29, 1.82) is 0 Å². The summed E-state index contributed by atoms with van der Waals surface area (Å²) in [5.74, 6) is 6.68. The van der Waals surface area contributed by atoms with Crippen molar-refractivity contribution in [3.05, 3.63) is 35.5 Å². The predicted molar refractivity (Wildman–Crippen MR) is 92.5 cm³/mol. The molecule has 112 valence electrons. The van der Waals surface area contributed by atoms with Crippen molar-refractivity contribution < 1.29 is 0 Å². The molecule has 1 heteroatoms. The number of hydrogen-bond acceptors (Lipinski definition) is 0. The Bertz CT molecular complexity index is 610. The third-order valence-electron chi connectivity index (χ3n) is 3.90. The number of nitrogens with one attached hydrogen (secondary N) is 1. The Morgan fingerprint density at radius 3 is 2.62 bits per heavy atom. The Balaban J connectivity index is 2.09. The van der Waals surface area contributed by atoms with Gasteiger partial charge in [-0.3, -0.25) is 0 Å². The predicted octanol–water partition coefficient (Wildman–Crippen LogP) is 5.83. The smallest absolute Gasteiger partial charge is 0.0468 e. The number of aromatic nitrogens is 1. The Morgan fingerprint density at radius 1 is 1.00 bits per heavy atom. The Hall–Kier alpha value is -1.68. The van der Waals surface area contributed by atoms with Crippen LogP contribution in [0.5, 0.6) is 0 Å². The summed E-state index contributed by atoms with van der Waals surface area (Å²) in [4.78, 5) is 3.54. The lowest BCUT2D eigenvalue weighted by atomic mass is 10.1. The highest BCUT2D eigenvalue weighted by Crippen LogP contribution is 2.20. The van der Waals surface area contributed by atoms with Gasteiger partial charge in [-0.25, -0.2) is 0 Å². The Morgan fingerprint density at radius 2 is 1.81 bits per heavy atom. The van der Waals surface area contributed by atoms with Gasteiger partial charge in [0.2, 0.25) is 0 Å². The molecule has 0 radical (unpaired) electrons. The molecule has 21 heavy (non-hydrogen) atoms. The first kappa shape index (κ1) is 15.7. The van der Waals surface area contributed by atoms with Crippen molar-refractivity contribution in [2.45, 2.75) is 65.2 Å². The lowest BCUT2D eigenvalue weighted by Gasteiger charge is -1.95. The molecule has 0 amide bonds. The molecule has 0 aliphatic rings. The van der Waals surface area contributed by atoms with Gasteiger partial charge in [-0.05, 0) is 37.5 Å². The van der Waals surface area contributed by atoms with E-state index in [0.717, 1.165) is 12.8 Å². The van der Waals surface area contributed by atoms with E-state index >= 15 is 0 Å². The summed E-state index contributed by atoms with van der Waals surface area (Å²) in [5.41, 5.74) is 3.74. The normalized spacial score (nSPS) is 10.6. The van der Waals surface area contributed by atoms with E-state index in [1.165, 1.54) is 60.7 Å². The van der Waals surface area contributed by atoms with E-state index in [4.69, 9.17) is 0 Å². The van der Waals surface area contributed by atoms with Crippen LogP contribution in [0.15, 0.2) is 24.3 Å². The van der Waals surface area contributed by atoms with Crippen LogP contribution in [-0.2, 0) is 6.42 Å². The Kier molecular flexibility index (Phi) is 6.41. The molecule has 0 unspecified atom stereocenters. The highest BCUT2D eigenvalue weighted by molar-refractivity contribution is 5.86. The second kappa shape index (κ2) is 8.57. The quantitative estimate of drug-likeness (QED) is 0.485. The van der Waals surface area contributed by atoms with Crippen LogP contribution in [0, 0.1) is 11.8 Å². The second-order valence-corrected chi connectivity index (χ2v) is 5.78. The van der Waals surface area contributed by atoms with E-state index in [1.54, 1.807) is 0 Å². The highest BCUT2D eigenvalue weighted by atomic mass is 14.7. The maximum Gasteiger partial charge on any atom is 0.0468 e. The molecule has 0 aliphatic carbocycles. The lowest BCUT2D eigenvalue weighted by molar-refractivity contribution is 0.710. The maximum atomic E-state index is 3.54. The lowest BCUT2D eigenvalue weighted by Crippen LogP contribution is -1.84. The number of benzene rings is 1. The molecule has 0 saturated heterocycles. The van der Waals surface area contributed by atoms with Gasteiger partial charge in [-0.15, -0.1) is 0 Å². The molecule has 2 rings (SSSR count). The largest absolute Gasteiger partial charge is 0.358 e. The van der Waals surface area contributed by atoms with Crippen molar-refractivity contribution >= 4 is 10.9 Å². The minimum absolute atomic E-state index is 1.01. The fraction of sp³-hybridized carbons (Fsp3) is 0.500. The highest BCUT2D eigenvalue weighted by Gasteiger charge is 2.03. The van der Waals surface area contributed by atoms with Gasteiger partial charge >= 0.3 is 0 Å². The molecule has 0 bridgehead atoms. The van der Waals surface area contributed by atoms with E-state index in [-0.39, 0.29) is 0 Å². The summed E-state index contributed by atoms with van der Waals surface area (Å²) in [7, 11) is 0. The molecule has 1 aromatic carbocycles. The first-order valence-corrected chi connectivity index (χ1v) is 8.44. The minimum Gasteiger partial charge on any atom is -0.358 e. The molecule has 0 spiro atoms. The second-order valence-electron chi connectivity index (χ2n) is 5.78. The summed E-state index contributed by atoms with van der Waals surface area (Å²) in [6.07, 6.45) is 9.76. The number of fused-ring (bicyclic) bond motifs is 1. The van der Waals surface area contributed by atoms with Crippen molar-refractivity contribution in [2.24, 2.45) is 0 Å². The summed E-state index contributed by atoms with van der Waals surface area (Å²) < 4.78 is 0. The molecular weight excluding hydrogens is 254 g/mol. The number of rotatable bonds is 7. The van der Waals surface area contributed by atoms with Gasteiger partial charge in [0.25, 0.3) is 0 Å². The maximum absolute atomic E-state index is 3.54. The average molecular weight is 281 g/mol. The zero-order chi connectivity index (χ0) is 14.9. The van der Waals surface area contributed by atoms with E-state index in [1.807, 2.05) is 0 Å². The van der Waals surface area contributed by atoms with Crippen molar-refractivity contribution in [3.63, 3.8) is 0 Å². The Labute approximate surface area is 129 Å². The van der Waals surface area contributed by atoms with Crippen LogP contribution in [0.2, 0.25) is 0 Å². The molecule has 1 nitrogen and oxygen atoms in total. The summed E-state index contributed by atoms with van der Waals surface area (Å²) in [5, 5.41) is 1.28. The van der Waals surface area contributed by atoms with E-state index in [9.17, 15) is 0 Å². The molecule has 2 aromatic rings. The van der Waals surface area contributed by atoms with Gasteiger partial charge in [-0.2, -0.15) is 0 Å². The van der Waals surface area contributed by atoms with Crippen LogP contribution in [0.3, 0.4) is 0 Å². The fourth-order valence-corrected chi connectivity index (χ4v) is 2.64. The first-order valence-electron chi connectivity index (χ1n) is 8.44. The monoisotopic (exact) mass is 281 g/mol. The van der Waals surface area contributed by atoms with Crippen molar-refractivity contribution in [3.8, 4) is 11.8 Å². The summed E-state index contributed by atoms with van der Waals surface area (Å²) in [6, 6.07) is 8.69. The minimum atomic E-state index is 1.01. The summed E-state index contributed by atoms with van der Waals surface area (Å²) in [6.45, 7) is 4.48. The van der Waals surface area contributed by atoms with Crippen molar-refractivity contribution in [1.82, 2.24) is 4.98 Å². The van der Waals surface area contributed by atoms with Gasteiger partial charge in [0.1, 0.15) is 0 Å². The zero-order valence-corrected chi connectivity index (χ0v) is 13.5. The van der Waals surface area contributed by atoms with E-state index in [2.05, 4.69) is 54.9 Å². The van der Waals surface area contributed by atoms with Gasteiger partial charge in [0, 0.05) is 28.6 Å². The SMILES string of the molecule is CCCCCC#Cc1cccc2[nH]c(CCCCC)cc12. The standard InChI is InChI=1S/C20H27N/c1-3-5-7-8-10-12-17-13-11-15-20-19(17)16-18(21-20)14-9-6-4-2/h11,13,15-16,21H,3-9,14H2,1-2H3. The number of aryl methyl sites for hydroxylation is 1. The molecule has 1 aromatic heterocycles. The van der Waals surface area contributed by atoms with Crippen LogP contribution in [0.25, 0.3) is 10.9 Å². The third-order valence-corrected chi connectivity index (χ3v) is 3.90. The number of aromatic amines is 1. The molecular formula is C20H27N. The van der Waals surface area contributed by atoms with Gasteiger partial charge in [-0.1, -0.05) is 57.4 Å². The number of hydrogen-bond donors (Lipinski definition) is 1. The van der Waals surface area contributed by atoms with Crippen LogP contribution in [0.4, 0.5) is 0 Å². The fourth-order valence-electron chi connectivity index (χ4n) is 2.64. The third kappa shape index (κ3) is 4.67. The molecule has 0 saturated carbocycles. The number of H-pyrrole nitrogens is 1. The van der Waals surface area contributed by atoms with Crippen LogP contribution in [0.1, 0.15) is 70.1 Å². The van der Waals surface area contributed by atoms with E-state index < -0.39 is 0 Å². The zero-order valence-electron chi connectivity index (χ0n) is 13.5. The van der Waals surface area contributed by atoms with Gasteiger partial charge in [0.05, 0.1) is 0 Å². The van der Waals surface area contributed by atoms with Crippen molar-refractivity contribution in [2.75, 3.05) is 0 Å². The molecule has 0 fully saturated rings. The average Bonchev–Trinajstić information content (AvgIpc) is 2.91. The molecule has 0 aliphatic heterocycles. The van der Waals surface area contributed by atoms with Gasteiger partial charge < -0.3 is 4.98 Å². The van der Waals surface area contributed by atoms with Crippen LogP contribution in [-0.4, -0.2) is 4.98 Å². The van der Waals surface area contributed by atoms with Crippen LogP contribution >= 0.6 is 0 Å². The molecule has 1 heterocycles. The summed E-state index contributed by atoms with van der Waals surface area (Å²) >= 11 is 0. The van der Waals surface area contributed by atoms with E-state index in [0.29, 0.717) is 0 Å². The molecule has 0 atom stereocenters. The van der Waals surface area contributed by atoms with Gasteiger partial charge in [0.15, 0.2) is 0 Å². The molecule has 1 N–H and O–H groups in total. The van der Waals surface area contributed by atoms with Crippen LogP contribution < -0.4 is 0 Å². The first-order chi connectivity index (χ1) is 10.3. The number of unbranched alkanes of at least 4 members (excludes halogenated alkanes) is 5. The topological polar surface area (TPSA) is 15.8 Å².